The van der Waals surface area contributed by atoms with Gasteiger partial charge in [-0.05, 0) is 49.2 Å². The highest BCUT2D eigenvalue weighted by Gasteiger charge is 2.46. The normalized spacial score (nSPS) is 20.1. The fourth-order valence-corrected chi connectivity index (χ4v) is 5.53. The minimum Gasteiger partial charge on any atom is -0.497 e. The van der Waals surface area contributed by atoms with E-state index in [2.05, 4.69) is 10.1 Å². The first-order valence-corrected chi connectivity index (χ1v) is 13.5. The Kier molecular flexibility index (Phi) is 8.71. The van der Waals surface area contributed by atoms with Gasteiger partial charge in [0.05, 0.1) is 13.7 Å². The molecule has 0 spiro atoms. The van der Waals surface area contributed by atoms with Crippen LogP contribution in [0.5, 0.6) is 11.5 Å². The Labute approximate surface area is 244 Å². The molecule has 5 rings (SSSR count). The highest BCUT2D eigenvalue weighted by atomic mass is 19.3. The lowest BCUT2D eigenvalue weighted by molar-refractivity contribution is -0.118. The van der Waals surface area contributed by atoms with Crippen molar-refractivity contribution in [3.63, 3.8) is 0 Å². The summed E-state index contributed by atoms with van der Waals surface area (Å²) in [7, 11) is 1.25. The Bertz CT molecular complexity index is 1550. The quantitative estimate of drug-likeness (QED) is 0.372. The number of nitrogens with one attached hydrogen (secondary N) is 1. The van der Waals surface area contributed by atoms with Crippen molar-refractivity contribution in [1.82, 2.24) is 9.88 Å². The van der Waals surface area contributed by atoms with Crippen LogP contribution in [0.1, 0.15) is 33.8 Å². The number of carbonyl (C=O) groups excluding carboxylic acids is 2. The first-order chi connectivity index (χ1) is 20.6. The van der Waals surface area contributed by atoms with Crippen molar-refractivity contribution in [1.29, 1.82) is 0 Å². The molecular weight excluding hydrogens is 574 g/mol. The molecule has 13 heteroatoms. The molecule has 2 aliphatic rings. The zero-order valence-corrected chi connectivity index (χ0v) is 23.3. The van der Waals surface area contributed by atoms with E-state index in [4.69, 9.17) is 9.47 Å². The third-order valence-corrected chi connectivity index (χ3v) is 7.69. The lowest BCUT2D eigenvalue weighted by Crippen LogP contribution is -2.45. The van der Waals surface area contributed by atoms with Crippen molar-refractivity contribution in [3.8, 4) is 11.5 Å². The molecule has 2 aromatic carbocycles. The first kappa shape index (κ1) is 30.1. The number of carbonyl (C=O) groups is 2. The molecule has 0 saturated carbocycles. The Morgan fingerprint density at radius 2 is 1.79 bits per heavy atom. The molecule has 2 fully saturated rings. The van der Waals surface area contributed by atoms with E-state index in [1.807, 2.05) is 0 Å². The zero-order chi connectivity index (χ0) is 30.8. The number of rotatable bonds is 9. The third-order valence-electron chi connectivity index (χ3n) is 7.69. The summed E-state index contributed by atoms with van der Waals surface area (Å²) in [6, 6.07) is 6.86. The highest BCUT2D eigenvalue weighted by molar-refractivity contribution is 6.05. The molecule has 2 saturated heterocycles. The molecule has 0 bridgehead atoms. The summed E-state index contributed by atoms with van der Waals surface area (Å²) in [5, 5.41) is 2.54. The second-order valence-corrected chi connectivity index (χ2v) is 10.4. The Hall–Kier alpha value is -4.39. The second-order valence-electron chi connectivity index (χ2n) is 10.4. The highest BCUT2D eigenvalue weighted by Crippen LogP contribution is 2.36. The lowest BCUT2D eigenvalue weighted by atomic mass is 9.92. The molecule has 2 aliphatic heterocycles. The van der Waals surface area contributed by atoms with Crippen LogP contribution in [0.2, 0.25) is 0 Å². The summed E-state index contributed by atoms with van der Waals surface area (Å²) >= 11 is 0. The van der Waals surface area contributed by atoms with Crippen molar-refractivity contribution in [3.05, 3.63) is 87.3 Å². The van der Waals surface area contributed by atoms with Gasteiger partial charge in [-0.1, -0.05) is 0 Å². The van der Waals surface area contributed by atoms with E-state index in [1.54, 1.807) is 19.2 Å². The van der Waals surface area contributed by atoms with Gasteiger partial charge in [-0.15, -0.1) is 0 Å². The monoisotopic (exact) mass is 603 g/mol. The van der Waals surface area contributed by atoms with Crippen LogP contribution in [0, 0.1) is 24.5 Å². The third kappa shape index (κ3) is 6.21. The minimum atomic E-state index is -3.06. The zero-order valence-electron chi connectivity index (χ0n) is 23.3. The van der Waals surface area contributed by atoms with Crippen LogP contribution in [-0.2, 0) is 16.1 Å². The number of ether oxygens (including phenoxy) is 3. The number of pyridine rings is 1. The fraction of sp³-hybridized carbons (Fsp3) is 0.367. The molecule has 1 unspecified atom stereocenters. The molecule has 3 heterocycles. The molecule has 2 amide bonds. The second kappa shape index (κ2) is 12.5. The molecule has 43 heavy (non-hydrogen) atoms. The van der Waals surface area contributed by atoms with Crippen molar-refractivity contribution < 1.29 is 41.4 Å². The SMILES string of the molecule is COc1cc(F)c([C@@H]2CN(c3c(C)ccn(CC4CCOC4)c3=O)C(=O)[C@H]2NC(=O)c2ccc(OC(F)F)cc2)c(F)c1. The fourth-order valence-electron chi connectivity index (χ4n) is 5.53. The van der Waals surface area contributed by atoms with Gasteiger partial charge in [0.15, 0.2) is 0 Å². The maximum Gasteiger partial charge on any atom is 0.387 e. The standard InChI is InChI=1S/C30H29F4N3O6/c1-16-7-9-36(13-17-8-10-42-15-17)29(40)26(16)37-14-21(24-22(31)11-20(41-2)12-23(24)32)25(28(37)39)35-27(38)18-3-5-19(6-4-18)43-30(33)34/h3-7,9,11-12,17,21,25,30H,8,10,13-15H2,1-2H3,(H,35,38)/t17?,21-,25-/m0/s1. The van der Waals surface area contributed by atoms with Gasteiger partial charge in [0.25, 0.3) is 11.5 Å². The number of alkyl halides is 2. The van der Waals surface area contributed by atoms with E-state index in [9.17, 15) is 23.2 Å². The number of nitrogens with zero attached hydrogens (tertiary/aromatic N) is 2. The number of halogens is 4. The Balaban J connectivity index is 1.51. The van der Waals surface area contributed by atoms with E-state index >= 15 is 8.78 Å². The molecule has 228 valence electrons. The summed E-state index contributed by atoms with van der Waals surface area (Å²) in [6.07, 6.45) is 2.40. The average molecular weight is 604 g/mol. The molecule has 0 aliphatic carbocycles. The largest absolute Gasteiger partial charge is 0.497 e. The maximum absolute atomic E-state index is 15.3. The number of benzene rings is 2. The molecule has 0 radical (unpaired) electrons. The van der Waals surface area contributed by atoms with Gasteiger partial charge in [0.2, 0.25) is 5.91 Å². The Morgan fingerprint density at radius 1 is 1.09 bits per heavy atom. The van der Waals surface area contributed by atoms with Crippen LogP contribution in [0.25, 0.3) is 0 Å². The lowest BCUT2D eigenvalue weighted by Gasteiger charge is -2.21. The molecule has 1 N–H and O–H groups in total. The summed E-state index contributed by atoms with van der Waals surface area (Å²) in [4.78, 5) is 41.9. The molecule has 3 aromatic rings. The van der Waals surface area contributed by atoms with Gasteiger partial charge in [0, 0.05) is 61.0 Å². The number of methoxy groups -OCH3 is 1. The Morgan fingerprint density at radius 3 is 2.40 bits per heavy atom. The number of hydrogen-bond donors (Lipinski definition) is 1. The molecule has 3 atom stereocenters. The first-order valence-electron chi connectivity index (χ1n) is 13.5. The van der Waals surface area contributed by atoms with E-state index in [1.165, 1.54) is 23.8 Å². The summed E-state index contributed by atoms with van der Waals surface area (Å²) in [5.41, 5.74) is -0.431. The average Bonchev–Trinajstić information content (AvgIpc) is 3.58. The predicted octanol–water partition coefficient (Wildman–Crippen LogP) is 4.01. The molecular formula is C30H29F4N3O6. The summed E-state index contributed by atoms with van der Waals surface area (Å²) in [5.74, 6) is -4.92. The summed E-state index contributed by atoms with van der Waals surface area (Å²) < 4.78 is 71.8. The van der Waals surface area contributed by atoms with Crippen LogP contribution in [0.3, 0.4) is 0 Å². The van der Waals surface area contributed by atoms with Gasteiger partial charge in [-0.25, -0.2) is 8.78 Å². The van der Waals surface area contributed by atoms with Crippen LogP contribution in [0.4, 0.5) is 23.2 Å². The number of anilines is 1. The minimum absolute atomic E-state index is 0.0145. The maximum atomic E-state index is 15.3. The topological polar surface area (TPSA) is 99.1 Å². The summed E-state index contributed by atoms with van der Waals surface area (Å²) in [6.45, 7) is -0.269. The van der Waals surface area contributed by atoms with Gasteiger partial charge in [-0.2, -0.15) is 8.78 Å². The number of aryl methyl sites for hydroxylation is 1. The van der Waals surface area contributed by atoms with Crippen LogP contribution in [-0.4, -0.2) is 55.9 Å². The molecule has 1 aromatic heterocycles. The van der Waals surface area contributed by atoms with E-state index in [-0.39, 0.29) is 35.2 Å². The van der Waals surface area contributed by atoms with E-state index in [0.29, 0.717) is 25.3 Å². The van der Waals surface area contributed by atoms with Gasteiger partial charge in [-0.3, -0.25) is 14.4 Å². The number of aromatic nitrogens is 1. The molecule has 9 nitrogen and oxygen atoms in total. The van der Waals surface area contributed by atoms with Crippen molar-refractivity contribution >= 4 is 17.5 Å². The van der Waals surface area contributed by atoms with E-state index < -0.39 is 53.1 Å². The number of amides is 2. The van der Waals surface area contributed by atoms with Crippen LogP contribution >= 0.6 is 0 Å². The van der Waals surface area contributed by atoms with Gasteiger partial charge < -0.3 is 29.0 Å². The number of hydrogen-bond acceptors (Lipinski definition) is 6. The van der Waals surface area contributed by atoms with Gasteiger partial charge >= 0.3 is 6.61 Å². The van der Waals surface area contributed by atoms with Crippen molar-refractivity contribution in [2.24, 2.45) is 5.92 Å². The van der Waals surface area contributed by atoms with Crippen LogP contribution < -0.4 is 25.2 Å². The predicted molar refractivity (Wildman–Crippen MR) is 147 cm³/mol. The smallest absolute Gasteiger partial charge is 0.387 e. The van der Waals surface area contributed by atoms with Crippen molar-refractivity contribution in [2.75, 3.05) is 31.8 Å². The van der Waals surface area contributed by atoms with E-state index in [0.717, 1.165) is 35.6 Å². The van der Waals surface area contributed by atoms with Crippen LogP contribution in [0.15, 0.2) is 53.5 Å². The van der Waals surface area contributed by atoms with Gasteiger partial charge in [0.1, 0.15) is 34.9 Å². The van der Waals surface area contributed by atoms with Crippen molar-refractivity contribution in [2.45, 2.75) is 38.5 Å².